The third kappa shape index (κ3) is 6.83. The molecule has 4 aromatic rings. The fourth-order valence-electron chi connectivity index (χ4n) is 5.61. The fourth-order valence-corrected chi connectivity index (χ4v) is 6.09. The number of fused-ring (bicyclic) bond motifs is 1. The number of benzene rings is 2. The Morgan fingerprint density at radius 3 is 2.40 bits per heavy atom. The van der Waals surface area contributed by atoms with E-state index in [0.717, 1.165) is 55.8 Å². The van der Waals surface area contributed by atoms with Crippen LogP contribution in [-0.4, -0.2) is 38.3 Å². The van der Waals surface area contributed by atoms with Gasteiger partial charge in [0.05, 0.1) is 33.9 Å². The first kappa shape index (κ1) is 33.9. The fraction of sp³-hybridized carbons (Fsp3) is 0.364. The Morgan fingerprint density at radius 2 is 1.77 bits per heavy atom. The molecule has 1 saturated heterocycles. The van der Waals surface area contributed by atoms with Gasteiger partial charge in [0.25, 0.3) is 0 Å². The van der Waals surface area contributed by atoms with Crippen molar-refractivity contribution >= 4 is 38.9 Å². The summed E-state index contributed by atoms with van der Waals surface area (Å²) in [6, 6.07) is 8.64. The highest BCUT2D eigenvalue weighted by Gasteiger charge is 2.48. The van der Waals surface area contributed by atoms with Gasteiger partial charge in [-0.1, -0.05) is 19.9 Å². The molecule has 1 atom stereocenters. The van der Waals surface area contributed by atoms with Crippen molar-refractivity contribution < 1.29 is 39.4 Å². The van der Waals surface area contributed by atoms with Crippen molar-refractivity contribution in [2.45, 2.75) is 59.0 Å². The summed E-state index contributed by atoms with van der Waals surface area (Å²) >= 11 is 0. The van der Waals surface area contributed by atoms with Gasteiger partial charge in [0.15, 0.2) is 17.5 Å². The molecule has 0 saturated carbocycles. The lowest BCUT2D eigenvalue weighted by Gasteiger charge is -2.37. The SMILES string of the molecule is Cc1cc(C(C)Nc2ccc(F)nc2-c2ccc(OS(=O)(=O)C(F)(F)F)c(C=O)c2)c2oc(N3CCC(C)(C)CC3)c(C)c(=O)c2c1. The summed E-state index contributed by atoms with van der Waals surface area (Å²) in [6.45, 7) is 11.3. The number of carbonyl (C=O) groups excluding carboxylic acids is 1. The van der Waals surface area contributed by atoms with Gasteiger partial charge in [0.1, 0.15) is 5.58 Å². The van der Waals surface area contributed by atoms with Crippen LogP contribution in [0.3, 0.4) is 0 Å². The van der Waals surface area contributed by atoms with Crippen molar-refractivity contribution in [3.8, 4) is 17.0 Å². The second-order valence-corrected chi connectivity index (χ2v) is 14.0. The third-order valence-electron chi connectivity index (χ3n) is 8.36. The molecule has 1 N–H and O–H groups in total. The van der Waals surface area contributed by atoms with Crippen LogP contribution in [-0.2, 0) is 10.1 Å². The molecule has 0 aliphatic carbocycles. The molecule has 14 heteroatoms. The Labute approximate surface area is 268 Å². The van der Waals surface area contributed by atoms with Gasteiger partial charge in [-0.15, -0.1) is 0 Å². The number of anilines is 2. The standard InChI is InChI=1S/C33H33F4N3O6S/c1-18-14-23(30-24(15-18)29(42)19(2)31(45-30)40-12-10-32(4,5)11-13-40)20(3)38-25-7-9-27(34)39-28(25)21-6-8-26(22(16-21)17-41)46-47(43,44)33(35,36)37/h6-9,14-17,20,38H,10-13H2,1-5H3. The van der Waals surface area contributed by atoms with Gasteiger partial charge in [-0.05, 0) is 81.0 Å². The van der Waals surface area contributed by atoms with E-state index in [-0.39, 0.29) is 34.1 Å². The first-order valence-corrected chi connectivity index (χ1v) is 16.2. The van der Waals surface area contributed by atoms with Crippen molar-refractivity contribution in [2.75, 3.05) is 23.3 Å². The van der Waals surface area contributed by atoms with Gasteiger partial charge >= 0.3 is 15.6 Å². The van der Waals surface area contributed by atoms with Gasteiger partial charge < -0.3 is 18.8 Å². The third-order valence-corrected chi connectivity index (χ3v) is 9.33. The molecular weight excluding hydrogens is 642 g/mol. The number of carbonyl (C=O) groups is 1. The van der Waals surface area contributed by atoms with E-state index in [9.17, 15) is 35.6 Å². The number of rotatable bonds is 8. The molecule has 2 aromatic carbocycles. The molecule has 0 amide bonds. The van der Waals surface area contributed by atoms with Gasteiger partial charge in [-0.25, -0.2) is 4.98 Å². The Bertz CT molecular complexity index is 2030. The Morgan fingerprint density at radius 1 is 1.09 bits per heavy atom. The van der Waals surface area contributed by atoms with Crippen LogP contribution >= 0.6 is 0 Å². The van der Waals surface area contributed by atoms with Crippen LogP contribution in [0.5, 0.6) is 5.75 Å². The Hall–Kier alpha value is -4.46. The average Bonchev–Trinajstić information content (AvgIpc) is 2.99. The number of aldehydes is 1. The molecule has 0 spiro atoms. The molecular formula is C33H33F4N3O6S. The quantitative estimate of drug-likeness (QED) is 0.0668. The molecule has 1 fully saturated rings. The van der Waals surface area contributed by atoms with Gasteiger partial charge in [-0.3, -0.25) is 9.59 Å². The van der Waals surface area contributed by atoms with E-state index >= 15 is 0 Å². The predicted molar refractivity (Wildman–Crippen MR) is 170 cm³/mol. The van der Waals surface area contributed by atoms with Crippen LogP contribution in [0.4, 0.5) is 29.1 Å². The van der Waals surface area contributed by atoms with E-state index in [1.54, 1.807) is 19.9 Å². The zero-order valence-electron chi connectivity index (χ0n) is 26.3. The number of hydrogen-bond acceptors (Lipinski definition) is 9. The lowest BCUT2D eigenvalue weighted by molar-refractivity contribution is -0.0500. The monoisotopic (exact) mass is 675 g/mol. The van der Waals surface area contributed by atoms with Gasteiger partial charge in [0.2, 0.25) is 11.8 Å². The van der Waals surface area contributed by atoms with Crippen molar-refractivity contribution in [3.63, 3.8) is 0 Å². The maximum Gasteiger partial charge on any atom is 0.534 e. The number of halogens is 4. The molecule has 2 aromatic heterocycles. The van der Waals surface area contributed by atoms with Crippen molar-refractivity contribution in [1.29, 1.82) is 0 Å². The number of pyridine rings is 1. The molecule has 5 rings (SSSR count). The molecule has 9 nitrogen and oxygen atoms in total. The van der Waals surface area contributed by atoms with Crippen LogP contribution in [0.25, 0.3) is 22.2 Å². The number of aromatic nitrogens is 1. The van der Waals surface area contributed by atoms with E-state index in [1.165, 1.54) is 6.07 Å². The van der Waals surface area contributed by atoms with Crippen LogP contribution < -0.4 is 19.8 Å². The van der Waals surface area contributed by atoms with Crippen LogP contribution in [0.1, 0.15) is 66.7 Å². The minimum Gasteiger partial charge on any atom is -0.440 e. The number of nitrogens with one attached hydrogen (secondary N) is 1. The molecule has 3 heterocycles. The molecule has 0 bridgehead atoms. The Balaban J connectivity index is 1.54. The number of hydrogen-bond donors (Lipinski definition) is 1. The number of aryl methyl sites for hydroxylation is 1. The summed E-state index contributed by atoms with van der Waals surface area (Å²) < 4.78 is 86.8. The molecule has 1 unspecified atom stereocenters. The average molecular weight is 676 g/mol. The molecule has 0 radical (unpaired) electrons. The summed E-state index contributed by atoms with van der Waals surface area (Å²) in [5.41, 5.74) is -3.52. The van der Waals surface area contributed by atoms with E-state index in [4.69, 9.17) is 4.42 Å². The van der Waals surface area contributed by atoms with E-state index in [2.05, 4.69) is 33.2 Å². The van der Waals surface area contributed by atoms with E-state index in [1.807, 2.05) is 13.0 Å². The molecule has 1 aliphatic rings. The van der Waals surface area contributed by atoms with Crippen molar-refractivity contribution in [2.24, 2.45) is 5.41 Å². The second-order valence-electron chi connectivity index (χ2n) is 12.5. The summed E-state index contributed by atoms with van der Waals surface area (Å²) in [5.74, 6) is -1.23. The van der Waals surface area contributed by atoms with Gasteiger partial charge in [0, 0.05) is 24.2 Å². The van der Waals surface area contributed by atoms with E-state index < -0.39 is 38.9 Å². The summed E-state index contributed by atoms with van der Waals surface area (Å²) in [6.07, 6.45) is 1.98. The summed E-state index contributed by atoms with van der Waals surface area (Å²) in [5, 5.41) is 3.66. The number of alkyl halides is 3. The maximum atomic E-state index is 14.4. The first-order chi connectivity index (χ1) is 21.9. The van der Waals surface area contributed by atoms with E-state index in [0.29, 0.717) is 28.0 Å². The topological polar surface area (TPSA) is 119 Å². The Kier molecular flexibility index (Phi) is 8.86. The number of nitrogens with zero attached hydrogens (tertiary/aromatic N) is 2. The smallest absolute Gasteiger partial charge is 0.440 e. The zero-order chi connectivity index (χ0) is 34.5. The minimum absolute atomic E-state index is 0.0175. The van der Waals surface area contributed by atoms with Crippen LogP contribution in [0.15, 0.2) is 51.7 Å². The highest BCUT2D eigenvalue weighted by Crippen LogP contribution is 2.38. The lowest BCUT2D eigenvalue weighted by atomic mass is 9.82. The lowest BCUT2D eigenvalue weighted by Crippen LogP contribution is -2.38. The normalized spacial score (nSPS) is 15.8. The minimum atomic E-state index is -6.05. The highest BCUT2D eigenvalue weighted by molar-refractivity contribution is 7.88. The summed E-state index contributed by atoms with van der Waals surface area (Å²) in [4.78, 5) is 31.4. The molecule has 47 heavy (non-hydrogen) atoms. The van der Waals surface area contributed by atoms with Crippen LogP contribution in [0.2, 0.25) is 0 Å². The van der Waals surface area contributed by atoms with Crippen molar-refractivity contribution in [3.05, 3.63) is 80.9 Å². The summed E-state index contributed by atoms with van der Waals surface area (Å²) in [7, 11) is -6.05. The highest BCUT2D eigenvalue weighted by atomic mass is 32.2. The maximum absolute atomic E-state index is 14.4. The zero-order valence-corrected chi connectivity index (χ0v) is 27.1. The van der Waals surface area contributed by atoms with Crippen molar-refractivity contribution in [1.82, 2.24) is 4.98 Å². The second kappa shape index (κ2) is 12.3. The molecule has 250 valence electrons. The molecule has 1 aliphatic heterocycles. The largest absolute Gasteiger partial charge is 0.534 e. The predicted octanol–water partition coefficient (Wildman–Crippen LogP) is 7.45. The number of piperidine rings is 1. The first-order valence-electron chi connectivity index (χ1n) is 14.8. The van der Waals surface area contributed by atoms with Gasteiger partial charge in [-0.2, -0.15) is 26.0 Å². The van der Waals surface area contributed by atoms with Crippen LogP contribution in [0, 0.1) is 25.2 Å².